The molecule has 0 spiro atoms. The molecule has 3 N–H and O–H groups in total. The van der Waals surface area contributed by atoms with Crippen molar-refractivity contribution >= 4 is 29.1 Å². The quantitative estimate of drug-likeness (QED) is 0.583. The van der Waals surface area contributed by atoms with Gasteiger partial charge in [-0.1, -0.05) is 30.9 Å². The first kappa shape index (κ1) is 17.7. The predicted molar refractivity (Wildman–Crippen MR) is 85.6 cm³/mol. The Hall–Kier alpha value is -1.66. The maximum Gasteiger partial charge on any atom is 0.313 e. The van der Waals surface area contributed by atoms with Gasteiger partial charge in [0.1, 0.15) is 5.82 Å². The summed E-state index contributed by atoms with van der Waals surface area (Å²) in [6.07, 6.45) is 4.52. The van der Waals surface area contributed by atoms with E-state index in [1.54, 1.807) is 0 Å². The zero-order valence-electron chi connectivity index (χ0n) is 12.6. The number of anilines is 1. The summed E-state index contributed by atoms with van der Waals surface area (Å²) in [6.45, 7) is -0.0294. The molecule has 0 aliphatic heterocycles. The number of carbonyl (C=O) groups excluding carboxylic acids is 2. The average molecular weight is 343 g/mol. The Labute approximate surface area is 139 Å². The van der Waals surface area contributed by atoms with E-state index >= 15 is 0 Å². The van der Waals surface area contributed by atoms with Crippen LogP contribution in [0, 0.1) is 11.7 Å². The number of amides is 2. The standard InChI is InChI=1S/C16H20ClFN2O3/c17-11-6-7-14(12(18)8-11)20-16(23)15(22)19-13-5-3-1-2-4-10(13)9-21/h6-8,10,13,21H,1-5,9H2,(H,19,22)(H,20,23). The minimum absolute atomic E-state index is 0.0294. The van der Waals surface area contributed by atoms with Crippen molar-refractivity contribution in [2.24, 2.45) is 5.92 Å². The molecule has 1 saturated carbocycles. The van der Waals surface area contributed by atoms with Crippen molar-refractivity contribution in [1.82, 2.24) is 5.32 Å². The summed E-state index contributed by atoms with van der Waals surface area (Å²) in [7, 11) is 0. The lowest BCUT2D eigenvalue weighted by Gasteiger charge is -2.24. The van der Waals surface area contributed by atoms with Crippen molar-refractivity contribution in [3.8, 4) is 0 Å². The van der Waals surface area contributed by atoms with Gasteiger partial charge in [0, 0.05) is 23.6 Å². The lowest BCUT2D eigenvalue weighted by atomic mass is 9.95. The maximum atomic E-state index is 13.6. The highest BCUT2D eigenvalue weighted by Crippen LogP contribution is 2.23. The molecule has 23 heavy (non-hydrogen) atoms. The second-order valence-corrected chi connectivity index (χ2v) is 6.18. The molecule has 1 aromatic rings. The van der Waals surface area contributed by atoms with E-state index in [4.69, 9.17) is 11.6 Å². The van der Waals surface area contributed by atoms with Crippen LogP contribution in [0.25, 0.3) is 0 Å². The van der Waals surface area contributed by atoms with Crippen LogP contribution in [0.1, 0.15) is 32.1 Å². The van der Waals surface area contributed by atoms with Gasteiger partial charge in [-0.2, -0.15) is 0 Å². The lowest BCUT2D eigenvalue weighted by molar-refractivity contribution is -0.137. The van der Waals surface area contributed by atoms with Crippen LogP contribution in [0.5, 0.6) is 0 Å². The lowest BCUT2D eigenvalue weighted by Crippen LogP contribution is -2.45. The molecule has 1 aliphatic rings. The Morgan fingerprint density at radius 3 is 2.65 bits per heavy atom. The molecule has 2 rings (SSSR count). The van der Waals surface area contributed by atoms with E-state index in [0.29, 0.717) is 0 Å². The molecule has 2 amide bonds. The number of benzene rings is 1. The summed E-state index contributed by atoms with van der Waals surface area (Å²) in [5.41, 5.74) is -0.103. The van der Waals surface area contributed by atoms with Crippen molar-refractivity contribution in [3.63, 3.8) is 0 Å². The van der Waals surface area contributed by atoms with Crippen LogP contribution in [-0.2, 0) is 9.59 Å². The zero-order chi connectivity index (χ0) is 16.8. The molecule has 0 radical (unpaired) electrons. The Morgan fingerprint density at radius 1 is 1.22 bits per heavy atom. The van der Waals surface area contributed by atoms with E-state index in [2.05, 4.69) is 10.6 Å². The number of aliphatic hydroxyl groups is 1. The van der Waals surface area contributed by atoms with Crippen molar-refractivity contribution in [1.29, 1.82) is 0 Å². The van der Waals surface area contributed by atoms with Gasteiger partial charge in [0.05, 0.1) is 5.69 Å². The Morgan fingerprint density at radius 2 is 1.96 bits per heavy atom. The average Bonchev–Trinajstić information content (AvgIpc) is 2.74. The summed E-state index contributed by atoms with van der Waals surface area (Å²) in [5, 5.41) is 14.5. The number of hydrogen-bond acceptors (Lipinski definition) is 3. The van der Waals surface area contributed by atoms with Gasteiger partial charge in [-0.05, 0) is 31.0 Å². The van der Waals surface area contributed by atoms with Crippen molar-refractivity contribution < 1.29 is 19.1 Å². The first-order valence-corrected chi connectivity index (χ1v) is 8.07. The smallest absolute Gasteiger partial charge is 0.313 e. The first-order valence-electron chi connectivity index (χ1n) is 7.69. The normalized spacial score (nSPS) is 21.3. The van der Waals surface area contributed by atoms with Gasteiger partial charge < -0.3 is 15.7 Å². The number of nitrogens with one attached hydrogen (secondary N) is 2. The summed E-state index contributed by atoms with van der Waals surface area (Å²) < 4.78 is 13.6. The number of aliphatic hydroxyl groups excluding tert-OH is 1. The molecule has 0 saturated heterocycles. The molecule has 2 atom stereocenters. The van der Waals surface area contributed by atoms with Crippen molar-refractivity contribution in [2.45, 2.75) is 38.1 Å². The van der Waals surface area contributed by atoms with E-state index in [0.717, 1.165) is 38.2 Å². The van der Waals surface area contributed by atoms with Crippen molar-refractivity contribution in [2.75, 3.05) is 11.9 Å². The third-order valence-corrected chi connectivity index (χ3v) is 4.33. The highest BCUT2D eigenvalue weighted by Gasteiger charge is 2.27. The Bertz CT molecular complexity index is 582. The minimum atomic E-state index is -0.938. The Balaban J connectivity index is 1.97. The van der Waals surface area contributed by atoms with Crippen LogP contribution in [-0.4, -0.2) is 29.6 Å². The van der Waals surface area contributed by atoms with Crippen LogP contribution < -0.4 is 10.6 Å². The molecular formula is C16H20ClFN2O3. The van der Waals surface area contributed by atoms with Crippen LogP contribution in [0.4, 0.5) is 10.1 Å². The molecule has 1 aliphatic carbocycles. The van der Waals surface area contributed by atoms with Gasteiger partial charge in [-0.3, -0.25) is 9.59 Å². The van der Waals surface area contributed by atoms with Crippen LogP contribution >= 0.6 is 11.6 Å². The van der Waals surface area contributed by atoms with Gasteiger partial charge in [-0.25, -0.2) is 4.39 Å². The second-order valence-electron chi connectivity index (χ2n) is 5.74. The van der Waals surface area contributed by atoms with Gasteiger partial charge in [0.2, 0.25) is 0 Å². The number of rotatable bonds is 3. The van der Waals surface area contributed by atoms with Gasteiger partial charge in [0.25, 0.3) is 0 Å². The third kappa shape index (κ3) is 4.91. The molecule has 0 bridgehead atoms. The minimum Gasteiger partial charge on any atom is -0.396 e. The SMILES string of the molecule is O=C(Nc1ccc(Cl)cc1F)C(=O)NC1CCCCCC1CO. The topological polar surface area (TPSA) is 78.4 Å². The monoisotopic (exact) mass is 342 g/mol. The zero-order valence-corrected chi connectivity index (χ0v) is 13.4. The van der Waals surface area contributed by atoms with E-state index in [1.807, 2.05) is 0 Å². The van der Waals surface area contributed by atoms with Crippen LogP contribution in [0.2, 0.25) is 5.02 Å². The van der Waals surface area contributed by atoms with Crippen LogP contribution in [0.3, 0.4) is 0 Å². The molecule has 2 unspecified atom stereocenters. The van der Waals surface area contributed by atoms with E-state index < -0.39 is 17.6 Å². The largest absolute Gasteiger partial charge is 0.396 e. The summed E-state index contributed by atoms with van der Waals surface area (Å²) >= 11 is 5.64. The molecule has 126 valence electrons. The molecule has 1 fully saturated rings. The van der Waals surface area contributed by atoms with Gasteiger partial charge in [0.15, 0.2) is 0 Å². The van der Waals surface area contributed by atoms with Gasteiger partial charge in [-0.15, -0.1) is 0 Å². The van der Waals surface area contributed by atoms with Crippen molar-refractivity contribution in [3.05, 3.63) is 29.0 Å². The number of halogens is 2. The summed E-state index contributed by atoms with van der Waals surface area (Å²) in [6, 6.07) is 3.54. The molecule has 5 nitrogen and oxygen atoms in total. The first-order chi connectivity index (χ1) is 11.0. The fourth-order valence-corrected chi connectivity index (χ4v) is 2.96. The molecule has 7 heteroatoms. The van der Waals surface area contributed by atoms with E-state index in [1.165, 1.54) is 12.1 Å². The third-order valence-electron chi connectivity index (χ3n) is 4.10. The summed E-state index contributed by atoms with van der Waals surface area (Å²) in [5.74, 6) is -2.53. The second kappa shape index (κ2) is 8.26. The van der Waals surface area contributed by atoms with E-state index in [-0.39, 0.29) is 29.3 Å². The van der Waals surface area contributed by atoms with E-state index in [9.17, 15) is 19.1 Å². The molecular weight excluding hydrogens is 323 g/mol. The summed E-state index contributed by atoms with van der Waals surface area (Å²) in [4.78, 5) is 23.9. The number of carbonyl (C=O) groups is 2. The fraction of sp³-hybridized carbons (Fsp3) is 0.500. The fourth-order valence-electron chi connectivity index (χ4n) is 2.80. The molecule has 0 heterocycles. The molecule has 0 aromatic heterocycles. The Kier molecular flexibility index (Phi) is 6.36. The molecule has 1 aromatic carbocycles. The highest BCUT2D eigenvalue weighted by molar-refractivity contribution is 6.39. The van der Waals surface area contributed by atoms with Gasteiger partial charge >= 0.3 is 11.8 Å². The predicted octanol–water partition coefficient (Wildman–Crippen LogP) is 2.48. The number of hydrogen-bond donors (Lipinski definition) is 3. The maximum absolute atomic E-state index is 13.6. The van der Waals surface area contributed by atoms with Crippen LogP contribution in [0.15, 0.2) is 18.2 Å². The highest BCUT2D eigenvalue weighted by atomic mass is 35.5.